The van der Waals surface area contributed by atoms with Crippen molar-refractivity contribution in [1.82, 2.24) is 38.8 Å². The highest BCUT2D eigenvalue weighted by Crippen LogP contribution is 2.38. The van der Waals surface area contributed by atoms with Crippen molar-refractivity contribution in [2.24, 2.45) is 7.05 Å². The van der Waals surface area contributed by atoms with Crippen molar-refractivity contribution in [3.8, 4) is 22.6 Å². The monoisotopic (exact) mass is 640 g/mol. The SMILES string of the molecule is CN(CC(F)F)C(=O)C1(Nc2cc(Nc3ccnc(-c4cnn(S(=O)(=O)C5CC5)c4)n3)ncc2-c2ccn(C)n2)CCCCC1. The third kappa shape index (κ3) is 6.50. The van der Waals surface area contributed by atoms with Crippen LogP contribution in [0.2, 0.25) is 0 Å². The first-order valence-corrected chi connectivity index (χ1v) is 16.3. The first-order chi connectivity index (χ1) is 21.5. The van der Waals surface area contributed by atoms with Crippen molar-refractivity contribution in [3.63, 3.8) is 0 Å². The third-order valence-electron chi connectivity index (χ3n) is 8.08. The van der Waals surface area contributed by atoms with Crippen LogP contribution in [0.4, 0.5) is 26.1 Å². The topological polar surface area (TPSA) is 153 Å². The molecule has 2 aliphatic rings. The van der Waals surface area contributed by atoms with Gasteiger partial charge in [0, 0.05) is 50.0 Å². The molecule has 0 spiro atoms. The third-order valence-corrected chi connectivity index (χ3v) is 10.1. The Balaban J connectivity index is 1.31. The van der Waals surface area contributed by atoms with Crippen molar-refractivity contribution in [2.75, 3.05) is 24.2 Å². The fourth-order valence-corrected chi connectivity index (χ4v) is 7.10. The summed E-state index contributed by atoms with van der Waals surface area (Å²) in [7, 11) is -0.329. The number of carbonyl (C=O) groups is 1. The van der Waals surface area contributed by atoms with Gasteiger partial charge in [0.15, 0.2) is 5.82 Å². The number of aryl methyl sites for hydroxylation is 1. The van der Waals surface area contributed by atoms with Crippen molar-refractivity contribution < 1.29 is 22.0 Å². The van der Waals surface area contributed by atoms with Gasteiger partial charge in [0.25, 0.3) is 16.4 Å². The molecular weight excluding hydrogens is 606 g/mol. The normalized spacial score (nSPS) is 16.5. The summed E-state index contributed by atoms with van der Waals surface area (Å²) in [6.07, 6.45) is 9.86. The lowest BCUT2D eigenvalue weighted by Gasteiger charge is -2.40. The molecule has 4 aromatic heterocycles. The maximum atomic E-state index is 13.7. The lowest BCUT2D eigenvalue weighted by molar-refractivity contribution is -0.137. The number of alkyl halides is 2. The van der Waals surface area contributed by atoms with E-state index >= 15 is 0 Å². The fourth-order valence-electron chi connectivity index (χ4n) is 5.63. The van der Waals surface area contributed by atoms with Crippen LogP contribution in [-0.2, 0) is 21.9 Å². The number of rotatable bonds is 11. The highest BCUT2D eigenvalue weighted by atomic mass is 32.2. The summed E-state index contributed by atoms with van der Waals surface area (Å²) in [5.74, 6) is 0.676. The summed E-state index contributed by atoms with van der Waals surface area (Å²) < 4.78 is 54.3. The number of likely N-dealkylation sites (N-methyl/N-ethyl adjacent to an activating group) is 1. The second-order valence-corrected chi connectivity index (χ2v) is 13.6. The van der Waals surface area contributed by atoms with Crippen LogP contribution in [0.15, 0.2) is 49.2 Å². The van der Waals surface area contributed by atoms with Crippen LogP contribution >= 0.6 is 0 Å². The molecule has 2 saturated carbocycles. The quantitative estimate of drug-likeness (QED) is 0.245. The van der Waals surface area contributed by atoms with Gasteiger partial charge in [0.05, 0.1) is 35.4 Å². The van der Waals surface area contributed by atoms with Crippen LogP contribution in [-0.4, -0.2) is 83.9 Å². The van der Waals surface area contributed by atoms with Crippen molar-refractivity contribution in [1.29, 1.82) is 0 Å². The van der Waals surface area contributed by atoms with E-state index in [2.05, 4.69) is 35.8 Å². The lowest BCUT2D eigenvalue weighted by Crippen LogP contribution is -2.55. The number of pyridine rings is 1. The zero-order valence-corrected chi connectivity index (χ0v) is 25.7. The lowest BCUT2D eigenvalue weighted by atomic mass is 9.80. The molecule has 1 amide bonds. The summed E-state index contributed by atoms with van der Waals surface area (Å²) in [5, 5.41) is 14.8. The minimum absolute atomic E-state index is 0.273. The molecule has 2 aliphatic carbocycles. The molecule has 6 rings (SSSR count). The van der Waals surface area contributed by atoms with Crippen LogP contribution in [0.3, 0.4) is 0 Å². The number of nitrogens with zero attached hydrogens (tertiary/aromatic N) is 8. The maximum Gasteiger partial charge on any atom is 0.256 e. The standard InChI is InChI=1S/C29H34F2N10O3S/c1-39(18-24(30)31)28(42)29(10-4-3-5-11-29)37-23-14-26(33-16-21(23)22-9-13-40(2)38-22)35-25-8-12-32-27(36-25)19-15-34-41(17-19)45(43,44)20-6-7-20/h8-9,12-17,20,24H,3-7,10-11,18H2,1-2H3,(H2,32,33,35,36,37). The maximum absolute atomic E-state index is 13.7. The Hall–Kier alpha value is -4.47. The van der Waals surface area contributed by atoms with Gasteiger partial charge in [-0.05, 0) is 37.8 Å². The zero-order valence-electron chi connectivity index (χ0n) is 24.9. The summed E-state index contributed by atoms with van der Waals surface area (Å²) in [6, 6.07) is 5.21. The van der Waals surface area contributed by atoms with Crippen molar-refractivity contribution >= 4 is 33.3 Å². The van der Waals surface area contributed by atoms with Gasteiger partial charge in [-0.1, -0.05) is 19.3 Å². The van der Waals surface area contributed by atoms with Crippen molar-refractivity contribution in [2.45, 2.75) is 62.2 Å². The number of hydrogen-bond donors (Lipinski definition) is 2. The minimum atomic E-state index is -3.53. The Bertz CT molecular complexity index is 1800. The molecular formula is C29H34F2N10O3S. The number of carbonyl (C=O) groups excluding carboxylic acids is 1. The largest absolute Gasteiger partial charge is 0.371 e. The van der Waals surface area contributed by atoms with E-state index in [9.17, 15) is 22.0 Å². The first-order valence-electron chi connectivity index (χ1n) is 14.8. The van der Waals surface area contributed by atoms with Crippen LogP contribution in [0, 0.1) is 0 Å². The molecule has 0 aliphatic heterocycles. The Morgan fingerprint density at radius 3 is 2.60 bits per heavy atom. The van der Waals surface area contributed by atoms with Crippen molar-refractivity contribution in [3.05, 3.63) is 49.2 Å². The van der Waals surface area contributed by atoms with E-state index in [-0.39, 0.29) is 11.7 Å². The fraction of sp³-hybridized carbons (Fsp3) is 0.448. The van der Waals surface area contributed by atoms with E-state index in [0.29, 0.717) is 59.8 Å². The molecule has 2 N–H and O–H groups in total. The van der Waals surface area contributed by atoms with Gasteiger partial charge in [-0.3, -0.25) is 9.48 Å². The molecule has 45 heavy (non-hydrogen) atoms. The Morgan fingerprint density at radius 2 is 1.91 bits per heavy atom. The smallest absolute Gasteiger partial charge is 0.256 e. The van der Waals surface area contributed by atoms with Gasteiger partial charge in [-0.15, -0.1) is 0 Å². The molecule has 238 valence electrons. The molecule has 0 saturated heterocycles. The summed E-state index contributed by atoms with van der Waals surface area (Å²) in [4.78, 5) is 28.2. The number of amides is 1. The van der Waals surface area contributed by atoms with E-state index in [1.165, 1.54) is 25.6 Å². The number of anilines is 3. The highest BCUT2D eigenvalue weighted by molar-refractivity contribution is 7.90. The van der Waals surface area contributed by atoms with Crippen LogP contribution in [0.1, 0.15) is 44.9 Å². The second-order valence-electron chi connectivity index (χ2n) is 11.6. The Kier molecular flexibility index (Phi) is 8.24. The molecule has 0 bridgehead atoms. The summed E-state index contributed by atoms with van der Waals surface area (Å²) in [5.41, 5.74) is 1.19. The number of hydrogen-bond acceptors (Lipinski definition) is 10. The minimum Gasteiger partial charge on any atom is -0.371 e. The van der Waals surface area contributed by atoms with Gasteiger partial charge in [-0.25, -0.2) is 32.2 Å². The van der Waals surface area contributed by atoms with Gasteiger partial charge < -0.3 is 15.5 Å². The summed E-state index contributed by atoms with van der Waals surface area (Å²) >= 11 is 0. The zero-order chi connectivity index (χ0) is 31.8. The Labute approximate surface area is 259 Å². The molecule has 2 fully saturated rings. The Morgan fingerprint density at radius 1 is 1.13 bits per heavy atom. The molecule has 0 radical (unpaired) electrons. The van der Waals surface area contributed by atoms with Gasteiger partial charge in [0.2, 0.25) is 5.91 Å². The molecule has 16 heteroatoms. The van der Waals surface area contributed by atoms with E-state index < -0.39 is 33.8 Å². The predicted octanol–water partition coefficient (Wildman–Crippen LogP) is 4.06. The average molecular weight is 641 g/mol. The van der Waals surface area contributed by atoms with Crippen LogP contribution in [0.5, 0.6) is 0 Å². The first kappa shape index (κ1) is 30.6. The van der Waals surface area contributed by atoms with Crippen LogP contribution < -0.4 is 10.6 Å². The van der Waals surface area contributed by atoms with Crippen LogP contribution in [0.25, 0.3) is 22.6 Å². The van der Waals surface area contributed by atoms with Gasteiger partial charge in [0.1, 0.15) is 17.2 Å². The number of halogens is 2. The average Bonchev–Trinajstić information content (AvgIpc) is 3.61. The molecule has 4 heterocycles. The molecule has 13 nitrogen and oxygen atoms in total. The highest BCUT2D eigenvalue weighted by Gasteiger charge is 2.42. The molecule has 4 aromatic rings. The second kappa shape index (κ2) is 12.1. The molecule has 0 aromatic carbocycles. The molecule has 0 unspecified atom stereocenters. The predicted molar refractivity (Wildman–Crippen MR) is 163 cm³/mol. The number of nitrogens with one attached hydrogen (secondary N) is 2. The number of aromatic nitrogens is 7. The van der Waals surface area contributed by atoms with E-state index in [0.717, 1.165) is 28.2 Å². The molecule has 0 atom stereocenters. The van der Waals surface area contributed by atoms with Gasteiger partial charge >= 0.3 is 0 Å². The summed E-state index contributed by atoms with van der Waals surface area (Å²) in [6.45, 7) is -0.653. The van der Waals surface area contributed by atoms with E-state index in [4.69, 9.17) is 0 Å². The van der Waals surface area contributed by atoms with E-state index in [1.807, 2.05) is 6.07 Å². The van der Waals surface area contributed by atoms with Gasteiger partial charge in [-0.2, -0.15) is 14.3 Å². The van der Waals surface area contributed by atoms with E-state index in [1.54, 1.807) is 36.3 Å².